The number of carbonyl (C=O) groups excluding carboxylic acids is 4. The molecule has 12 heteroatoms. The minimum Gasteiger partial charge on any atom is -0.480 e. The Hall–Kier alpha value is -3.93. The summed E-state index contributed by atoms with van der Waals surface area (Å²) in [4.78, 5) is 64.2. The topological polar surface area (TPSA) is 210 Å². The molecule has 12 nitrogen and oxygen atoms in total. The van der Waals surface area contributed by atoms with Crippen molar-refractivity contribution in [2.24, 2.45) is 17.4 Å². The molecule has 35 heavy (non-hydrogen) atoms. The summed E-state index contributed by atoms with van der Waals surface area (Å²) in [7, 11) is 0. The lowest BCUT2D eigenvalue weighted by atomic mass is 10.0. The van der Waals surface area contributed by atoms with E-state index < -0.39 is 60.2 Å². The molecule has 1 aromatic carbocycles. The molecular weight excluding hydrogens is 456 g/mol. The Morgan fingerprint density at radius 3 is 2.14 bits per heavy atom. The first-order chi connectivity index (χ1) is 16.4. The Morgan fingerprint density at radius 1 is 0.943 bits per heavy atom. The number of aromatic nitrogens is 1. The third kappa shape index (κ3) is 7.54. The number of benzene rings is 1. The second-order valence-corrected chi connectivity index (χ2v) is 8.69. The zero-order chi connectivity index (χ0) is 26.3. The molecule has 9 N–H and O–H groups in total. The molecule has 1 heterocycles. The standard InChI is InChI=1S/C23H32N6O6/c1-11(2)19(25)22(33)29-17(9-18(24)30)21(32)28-16(20(31)27-12(3)23(34)35)8-13-10-26-15-7-5-4-6-14(13)15/h4-7,10-12,16-17,19,26H,8-9,25H2,1-3H3,(H2,24,30)(H,27,31)(H,28,32)(H,29,33)(H,34,35). The molecule has 2 aromatic rings. The fourth-order valence-electron chi connectivity index (χ4n) is 3.36. The molecule has 0 radical (unpaired) electrons. The molecule has 0 bridgehead atoms. The first-order valence-electron chi connectivity index (χ1n) is 11.1. The van der Waals surface area contributed by atoms with Crippen molar-refractivity contribution in [3.05, 3.63) is 36.0 Å². The van der Waals surface area contributed by atoms with E-state index in [4.69, 9.17) is 16.6 Å². The number of fused-ring (bicyclic) bond motifs is 1. The van der Waals surface area contributed by atoms with Gasteiger partial charge in [0, 0.05) is 23.5 Å². The average Bonchev–Trinajstić information content (AvgIpc) is 3.19. The lowest BCUT2D eigenvalue weighted by Crippen LogP contribution is -2.58. The van der Waals surface area contributed by atoms with Gasteiger partial charge in [0.25, 0.3) is 0 Å². The van der Waals surface area contributed by atoms with Crippen molar-refractivity contribution >= 4 is 40.5 Å². The van der Waals surface area contributed by atoms with Gasteiger partial charge in [-0.2, -0.15) is 0 Å². The molecule has 0 saturated heterocycles. The van der Waals surface area contributed by atoms with Crippen LogP contribution in [0.5, 0.6) is 0 Å². The molecule has 1 aromatic heterocycles. The largest absolute Gasteiger partial charge is 0.480 e. The number of para-hydroxylation sites is 1. The van der Waals surface area contributed by atoms with E-state index in [0.29, 0.717) is 5.56 Å². The van der Waals surface area contributed by atoms with E-state index in [0.717, 1.165) is 10.9 Å². The van der Waals surface area contributed by atoms with Crippen LogP contribution >= 0.6 is 0 Å². The van der Waals surface area contributed by atoms with E-state index in [-0.39, 0.29) is 12.3 Å². The lowest BCUT2D eigenvalue weighted by Gasteiger charge is -2.25. The maximum atomic E-state index is 13.1. The number of primary amides is 1. The minimum atomic E-state index is -1.38. The van der Waals surface area contributed by atoms with Gasteiger partial charge in [0.2, 0.25) is 23.6 Å². The van der Waals surface area contributed by atoms with E-state index in [1.165, 1.54) is 6.92 Å². The summed E-state index contributed by atoms with van der Waals surface area (Å²) in [6, 6.07) is 2.60. The Kier molecular flexibility index (Phi) is 9.34. The second kappa shape index (κ2) is 12.0. The van der Waals surface area contributed by atoms with Crippen LogP contribution in [0.4, 0.5) is 0 Å². The second-order valence-electron chi connectivity index (χ2n) is 8.69. The fourth-order valence-corrected chi connectivity index (χ4v) is 3.36. The number of amides is 4. The summed E-state index contributed by atoms with van der Waals surface area (Å²) >= 11 is 0. The number of carboxylic acids is 1. The van der Waals surface area contributed by atoms with E-state index >= 15 is 0 Å². The summed E-state index contributed by atoms with van der Waals surface area (Å²) in [5.74, 6) is -4.57. The number of H-pyrrole nitrogens is 1. The normalized spacial score (nSPS) is 14.5. The zero-order valence-corrected chi connectivity index (χ0v) is 19.8. The van der Waals surface area contributed by atoms with Crippen LogP contribution in [-0.4, -0.2) is 63.9 Å². The summed E-state index contributed by atoms with van der Waals surface area (Å²) in [5.41, 5.74) is 12.6. The van der Waals surface area contributed by atoms with Crippen molar-refractivity contribution in [1.82, 2.24) is 20.9 Å². The number of aromatic amines is 1. The lowest BCUT2D eigenvalue weighted by molar-refractivity contribution is -0.142. The van der Waals surface area contributed by atoms with Crippen molar-refractivity contribution in [2.45, 2.75) is 57.8 Å². The van der Waals surface area contributed by atoms with Gasteiger partial charge >= 0.3 is 5.97 Å². The van der Waals surface area contributed by atoms with E-state index in [1.54, 1.807) is 20.0 Å². The molecule has 0 aliphatic heterocycles. The van der Waals surface area contributed by atoms with Crippen LogP contribution in [0, 0.1) is 5.92 Å². The number of aliphatic carboxylic acids is 1. The number of hydrogen-bond acceptors (Lipinski definition) is 6. The molecule has 190 valence electrons. The predicted octanol–water partition coefficient (Wildman–Crippen LogP) is -0.872. The molecule has 0 spiro atoms. The number of nitrogens with two attached hydrogens (primary N) is 2. The van der Waals surface area contributed by atoms with Gasteiger partial charge in [-0.1, -0.05) is 32.0 Å². The van der Waals surface area contributed by atoms with Gasteiger partial charge in [0.1, 0.15) is 18.1 Å². The maximum absolute atomic E-state index is 13.1. The van der Waals surface area contributed by atoms with Crippen LogP contribution < -0.4 is 27.4 Å². The van der Waals surface area contributed by atoms with Crippen LogP contribution in [-0.2, 0) is 30.4 Å². The highest BCUT2D eigenvalue weighted by molar-refractivity contribution is 5.96. The molecule has 0 saturated carbocycles. The van der Waals surface area contributed by atoms with Gasteiger partial charge in [-0.05, 0) is 24.5 Å². The Balaban J connectivity index is 2.29. The van der Waals surface area contributed by atoms with Gasteiger partial charge in [0.15, 0.2) is 0 Å². The van der Waals surface area contributed by atoms with Crippen LogP contribution in [0.3, 0.4) is 0 Å². The van der Waals surface area contributed by atoms with Crippen LogP contribution in [0.2, 0.25) is 0 Å². The molecular formula is C23H32N6O6. The quantitative estimate of drug-likeness (QED) is 0.200. The molecule has 4 amide bonds. The number of carbonyl (C=O) groups is 5. The van der Waals surface area contributed by atoms with E-state index in [9.17, 15) is 24.0 Å². The highest BCUT2D eigenvalue weighted by Crippen LogP contribution is 2.19. The molecule has 0 aliphatic rings. The van der Waals surface area contributed by atoms with Gasteiger partial charge < -0.3 is 37.5 Å². The monoisotopic (exact) mass is 488 g/mol. The third-order valence-electron chi connectivity index (χ3n) is 5.52. The molecule has 0 aliphatic carbocycles. The Morgan fingerprint density at radius 2 is 1.54 bits per heavy atom. The number of hydrogen-bond donors (Lipinski definition) is 7. The summed E-state index contributed by atoms with van der Waals surface area (Å²) in [5, 5.41) is 17.2. The number of rotatable bonds is 12. The molecule has 0 fully saturated rings. The molecule has 2 rings (SSSR count). The van der Waals surface area contributed by atoms with Crippen molar-refractivity contribution in [1.29, 1.82) is 0 Å². The summed E-state index contributed by atoms with van der Waals surface area (Å²) < 4.78 is 0. The third-order valence-corrected chi connectivity index (χ3v) is 5.52. The fraction of sp³-hybridized carbons (Fsp3) is 0.435. The Bertz CT molecular complexity index is 1100. The highest BCUT2D eigenvalue weighted by atomic mass is 16.4. The zero-order valence-electron chi connectivity index (χ0n) is 19.8. The minimum absolute atomic E-state index is 0.0106. The van der Waals surface area contributed by atoms with Gasteiger partial charge in [-0.3, -0.25) is 24.0 Å². The van der Waals surface area contributed by atoms with Crippen LogP contribution in [0.15, 0.2) is 30.5 Å². The summed E-state index contributed by atoms with van der Waals surface area (Å²) in [6.45, 7) is 4.73. The SMILES string of the molecule is CC(NC(=O)C(Cc1c[nH]c2ccccc12)NC(=O)C(CC(N)=O)NC(=O)C(N)C(C)C)C(=O)O. The van der Waals surface area contributed by atoms with Crippen molar-refractivity contribution in [3.63, 3.8) is 0 Å². The van der Waals surface area contributed by atoms with Crippen LogP contribution in [0.25, 0.3) is 10.9 Å². The van der Waals surface area contributed by atoms with E-state index in [1.807, 2.05) is 24.3 Å². The van der Waals surface area contributed by atoms with E-state index in [2.05, 4.69) is 20.9 Å². The maximum Gasteiger partial charge on any atom is 0.325 e. The van der Waals surface area contributed by atoms with Crippen molar-refractivity contribution in [2.75, 3.05) is 0 Å². The number of nitrogens with one attached hydrogen (secondary N) is 4. The van der Waals surface area contributed by atoms with Crippen molar-refractivity contribution in [3.8, 4) is 0 Å². The number of carboxylic acid groups (broad SMARTS) is 1. The highest BCUT2D eigenvalue weighted by Gasteiger charge is 2.31. The van der Waals surface area contributed by atoms with Gasteiger partial charge in [-0.15, -0.1) is 0 Å². The Labute approximate surface area is 202 Å². The average molecular weight is 489 g/mol. The van der Waals surface area contributed by atoms with Gasteiger partial charge in [-0.25, -0.2) is 0 Å². The molecule has 4 atom stereocenters. The first kappa shape index (κ1) is 27.3. The predicted molar refractivity (Wildman–Crippen MR) is 128 cm³/mol. The molecule has 4 unspecified atom stereocenters. The first-order valence-corrected chi connectivity index (χ1v) is 11.1. The summed E-state index contributed by atoms with van der Waals surface area (Å²) in [6.07, 6.45) is 1.17. The smallest absolute Gasteiger partial charge is 0.325 e. The van der Waals surface area contributed by atoms with Gasteiger partial charge in [0.05, 0.1) is 12.5 Å². The van der Waals surface area contributed by atoms with Crippen LogP contribution in [0.1, 0.15) is 32.8 Å². The van der Waals surface area contributed by atoms with Crippen molar-refractivity contribution < 1.29 is 29.1 Å².